The van der Waals surface area contributed by atoms with E-state index in [1.54, 1.807) is 0 Å². The lowest BCUT2D eigenvalue weighted by molar-refractivity contribution is -0.154. The summed E-state index contributed by atoms with van der Waals surface area (Å²) in [5.41, 5.74) is 0. The molecule has 2 nitrogen and oxygen atoms in total. The fourth-order valence-corrected chi connectivity index (χ4v) is 0. The second-order valence-corrected chi connectivity index (χ2v) is 0.224. The molecule has 0 unspecified atom stereocenters. The van der Waals surface area contributed by atoms with Gasteiger partial charge >= 0.3 is 0 Å². The van der Waals surface area contributed by atoms with E-state index in [0.29, 0.717) is 0 Å². The Labute approximate surface area is 26.7 Å². The quantitative estimate of drug-likeness (QED) is 0.389. The summed E-state index contributed by atoms with van der Waals surface area (Å²) in [6.45, 7) is 0. The first-order valence-electron chi connectivity index (χ1n) is 0.365. The van der Waals surface area contributed by atoms with Gasteiger partial charge in [0, 0.05) is 0 Å². The van der Waals surface area contributed by atoms with E-state index in [4.69, 9.17) is 9.46 Å². The Morgan fingerprint density at radius 2 is 1.75 bits per heavy atom. The molecule has 4 heavy (non-hydrogen) atoms. The summed E-state index contributed by atoms with van der Waals surface area (Å²) in [6.07, 6.45) is 0. The van der Waals surface area contributed by atoms with E-state index in [1.807, 2.05) is 0 Å². The maximum absolute atomic E-state index is 8.35. The summed E-state index contributed by atoms with van der Waals surface area (Å²) in [5, 5.41) is 0. The molecular formula is CH4O2P-. The van der Waals surface area contributed by atoms with Gasteiger partial charge in [-0.05, 0) is 0 Å². The fraction of sp³-hybridized carbons (Fsp3) is 1.00. The first kappa shape index (κ1) is 8.96. The molecule has 0 saturated carbocycles. The van der Waals surface area contributed by atoms with Crippen molar-refractivity contribution in [2.75, 3.05) is 0 Å². The Bertz CT molecular complexity index is 13.5. The van der Waals surface area contributed by atoms with Gasteiger partial charge in [-0.25, -0.2) is 0 Å². The molecule has 26 valence electrons. The van der Waals surface area contributed by atoms with Crippen LogP contribution in [0.1, 0.15) is 7.43 Å². The van der Waals surface area contributed by atoms with Gasteiger partial charge in [-0.15, -0.1) is 0 Å². The molecule has 0 N–H and O–H groups in total. The van der Waals surface area contributed by atoms with Crippen LogP contribution in [0.15, 0.2) is 0 Å². The maximum Gasteiger partial charge on any atom is 0.0642 e. The molecular weight excluding hydrogens is 75.0 g/mol. The van der Waals surface area contributed by atoms with Gasteiger partial charge in [-0.2, -0.15) is 0 Å². The number of rotatable bonds is 0. The average molecular weight is 79.0 g/mol. The van der Waals surface area contributed by atoms with Gasteiger partial charge in [-0.1, -0.05) is 7.43 Å². The van der Waals surface area contributed by atoms with Crippen molar-refractivity contribution in [1.29, 1.82) is 0 Å². The van der Waals surface area contributed by atoms with Crippen LogP contribution in [0.5, 0.6) is 0 Å². The summed E-state index contributed by atoms with van der Waals surface area (Å²) < 4.78 is 8.35. The first-order valence-corrected chi connectivity index (χ1v) is 1.10. The highest BCUT2D eigenvalue weighted by atomic mass is 31.1. The molecule has 0 spiro atoms. The molecule has 0 saturated heterocycles. The Hall–Kier alpha value is 0.0600. The summed E-state index contributed by atoms with van der Waals surface area (Å²) in [7, 11) is -1.08. The molecule has 0 aromatic carbocycles. The second-order valence-electron chi connectivity index (χ2n) is 0.0745. The summed E-state index contributed by atoms with van der Waals surface area (Å²) in [5.74, 6) is 0. The molecule has 0 heterocycles. The van der Waals surface area contributed by atoms with Crippen molar-refractivity contribution in [3.05, 3.63) is 0 Å². The highest BCUT2D eigenvalue weighted by Gasteiger charge is 1.01. The first-order chi connectivity index (χ1) is 1.41. The lowest BCUT2D eigenvalue weighted by Gasteiger charge is -1.57. The predicted molar refractivity (Wildman–Crippen MR) is 14.3 cm³/mol. The molecule has 0 rings (SSSR count). The van der Waals surface area contributed by atoms with Crippen LogP contribution in [0.4, 0.5) is 0 Å². The van der Waals surface area contributed by atoms with E-state index >= 15 is 0 Å². The standard InChI is InChI=1S/CH4.HO2P/c;1-3-2/h1H4;(H,1,2)/p-1. The predicted octanol–water partition coefficient (Wildman–Crippen LogP) is 0.189. The number of hydrogen-bond donors (Lipinski definition) is 0. The third kappa shape index (κ3) is 643. The van der Waals surface area contributed by atoms with Crippen LogP contribution in [0.2, 0.25) is 0 Å². The Morgan fingerprint density at radius 1 is 1.75 bits per heavy atom. The smallest absolute Gasteiger partial charge is 0.0642 e. The monoisotopic (exact) mass is 79.0 g/mol. The van der Waals surface area contributed by atoms with E-state index < -0.39 is 8.69 Å². The highest BCUT2D eigenvalue weighted by molar-refractivity contribution is 7.14. The minimum atomic E-state index is -1.08. The molecule has 0 atom stereocenters. The third-order valence-electron chi connectivity index (χ3n) is 0. The number of hydrogen-bond acceptors (Lipinski definition) is 2. The topological polar surface area (TPSA) is 40.1 Å². The van der Waals surface area contributed by atoms with E-state index in [-0.39, 0.29) is 7.43 Å². The Balaban J connectivity index is 0. The average Bonchev–Trinajstić information content (AvgIpc) is 0.918. The van der Waals surface area contributed by atoms with E-state index in [9.17, 15) is 0 Å². The summed E-state index contributed by atoms with van der Waals surface area (Å²) >= 11 is 0. The summed E-state index contributed by atoms with van der Waals surface area (Å²) in [6, 6.07) is 0. The van der Waals surface area contributed by atoms with Crippen molar-refractivity contribution in [2.24, 2.45) is 0 Å². The SMILES string of the molecule is C.O=P[O-]. The zero-order valence-electron chi connectivity index (χ0n) is 1.26. The van der Waals surface area contributed by atoms with Crippen molar-refractivity contribution in [2.45, 2.75) is 7.43 Å². The molecule has 0 fully saturated rings. The molecule has 0 aliphatic heterocycles. The summed E-state index contributed by atoms with van der Waals surface area (Å²) in [4.78, 5) is 8.35. The highest BCUT2D eigenvalue weighted by Crippen LogP contribution is 1.53. The van der Waals surface area contributed by atoms with Gasteiger partial charge in [0.2, 0.25) is 0 Å². The molecule has 0 amide bonds. The normalized spacial score (nSPS) is 5.25. The van der Waals surface area contributed by atoms with Crippen LogP contribution in [0, 0.1) is 0 Å². The van der Waals surface area contributed by atoms with E-state index in [2.05, 4.69) is 0 Å². The lowest BCUT2D eigenvalue weighted by Crippen LogP contribution is -1.65. The van der Waals surface area contributed by atoms with Gasteiger partial charge in [0.15, 0.2) is 0 Å². The van der Waals surface area contributed by atoms with Crippen molar-refractivity contribution in [3.8, 4) is 0 Å². The molecule has 0 aliphatic carbocycles. The zero-order chi connectivity index (χ0) is 2.71. The second kappa shape index (κ2) is 11.6. The lowest BCUT2D eigenvalue weighted by atomic mass is 12.0. The van der Waals surface area contributed by atoms with Gasteiger partial charge in [0.1, 0.15) is 0 Å². The van der Waals surface area contributed by atoms with Crippen LogP contribution in [-0.4, -0.2) is 0 Å². The van der Waals surface area contributed by atoms with Crippen LogP contribution < -0.4 is 4.89 Å². The van der Waals surface area contributed by atoms with Crippen molar-refractivity contribution < 1.29 is 9.46 Å². The maximum atomic E-state index is 8.35. The van der Waals surface area contributed by atoms with E-state index in [1.165, 1.54) is 0 Å². The molecule has 3 heteroatoms. The third-order valence-corrected chi connectivity index (χ3v) is 0. The van der Waals surface area contributed by atoms with Crippen LogP contribution in [0.3, 0.4) is 0 Å². The zero-order valence-corrected chi connectivity index (χ0v) is 2.16. The van der Waals surface area contributed by atoms with Gasteiger partial charge in [0.05, 0.1) is 8.69 Å². The van der Waals surface area contributed by atoms with Crippen molar-refractivity contribution in [3.63, 3.8) is 0 Å². The van der Waals surface area contributed by atoms with Gasteiger partial charge in [-0.3, -0.25) is 4.57 Å². The molecule has 0 aliphatic rings. The van der Waals surface area contributed by atoms with Gasteiger partial charge in [0.25, 0.3) is 0 Å². The Kier molecular flexibility index (Phi) is 25.9. The molecule has 0 aromatic heterocycles. The van der Waals surface area contributed by atoms with Gasteiger partial charge < -0.3 is 4.89 Å². The van der Waals surface area contributed by atoms with Crippen molar-refractivity contribution >= 4 is 8.69 Å². The molecule has 0 aromatic rings. The van der Waals surface area contributed by atoms with Crippen LogP contribution in [0.25, 0.3) is 0 Å². The minimum Gasteiger partial charge on any atom is -0.772 e. The molecule has 0 radical (unpaired) electrons. The Morgan fingerprint density at radius 3 is 1.75 bits per heavy atom. The van der Waals surface area contributed by atoms with Crippen LogP contribution >= 0.6 is 8.69 Å². The fourth-order valence-electron chi connectivity index (χ4n) is 0. The largest absolute Gasteiger partial charge is 0.772 e. The minimum absolute atomic E-state index is 0. The van der Waals surface area contributed by atoms with Crippen LogP contribution in [-0.2, 0) is 4.57 Å². The molecule has 0 bridgehead atoms. The van der Waals surface area contributed by atoms with Crippen molar-refractivity contribution in [1.82, 2.24) is 0 Å². The van der Waals surface area contributed by atoms with E-state index in [0.717, 1.165) is 0 Å².